The van der Waals surface area contributed by atoms with Gasteiger partial charge in [0.2, 0.25) is 0 Å². The molecule has 1 aromatic carbocycles. The number of benzene rings is 1. The molecule has 0 spiro atoms. The first-order chi connectivity index (χ1) is 9.06. The molecule has 0 bridgehead atoms. The molecule has 0 aliphatic carbocycles. The van der Waals surface area contributed by atoms with Gasteiger partial charge in [-0.2, -0.15) is 0 Å². The van der Waals surface area contributed by atoms with Crippen LogP contribution in [0.5, 0.6) is 5.75 Å². The molecule has 3 unspecified atom stereocenters. The average molecular weight is 303 g/mol. The lowest BCUT2D eigenvalue weighted by Gasteiger charge is -2.20. The van der Waals surface area contributed by atoms with Crippen molar-refractivity contribution in [1.82, 2.24) is 0 Å². The summed E-state index contributed by atoms with van der Waals surface area (Å²) < 4.78 is 11.2. The molecule has 0 amide bonds. The fourth-order valence-corrected chi connectivity index (χ4v) is 3.02. The van der Waals surface area contributed by atoms with Gasteiger partial charge in [-0.3, -0.25) is 0 Å². The number of halogens is 2. The molecule has 1 heterocycles. The lowest BCUT2D eigenvalue weighted by Crippen LogP contribution is -2.07. The van der Waals surface area contributed by atoms with Gasteiger partial charge < -0.3 is 9.47 Å². The van der Waals surface area contributed by atoms with Crippen LogP contribution in [-0.4, -0.2) is 18.8 Å². The number of epoxide rings is 1. The monoisotopic (exact) mass is 302 g/mol. The normalized spacial score (nSPS) is 23.2. The van der Waals surface area contributed by atoms with Crippen LogP contribution in [0.4, 0.5) is 0 Å². The van der Waals surface area contributed by atoms with Gasteiger partial charge in [0.15, 0.2) is 0 Å². The topological polar surface area (TPSA) is 21.8 Å². The Morgan fingerprint density at radius 1 is 1.32 bits per heavy atom. The maximum Gasteiger partial charge on any atom is 0.141 e. The van der Waals surface area contributed by atoms with Crippen molar-refractivity contribution < 1.29 is 9.47 Å². The van der Waals surface area contributed by atoms with E-state index in [0.717, 1.165) is 24.2 Å². The van der Waals surface area contributed by atoms with Gasteiger partial charge in [-0.25, -0.2) is 0 Å². The van der Waals surface area contributed by atoms with Crippen molar-refractivity contribution in [2.45, 2.75) is 51.7 Å². The third kappa shape index (κ3) is 3.56. The van der Waals surface area contributed by atoms with Crippen molar-refractivity contribution >= 4 is 23.2 Å². The molecule has 2 rings (SSSR count). The summed E-state index contributed by atoms with van der Waals surface area (Å²) in [4.78, 5) is 0. The molecule has 1 fully saturated rings. The summed E-state index contributed by atoms with van der Waals surface area (Å²) in [6, 6.07) is 3.71. The van der Waals surface area contributed by atoms with E-state index in [1.54, 1.807) is 6.07 Å². The van der Waals surface area contributed by atoms with Crippen molar-refractivity contribution in [3.8, 4) is 5.75 Å². The summed E-state index contributed by atoms with van der Waals surface area (Å²) in [5, 5.41) is 1.25. The van der Waals surface area contributed by atoms with E-state index in [9.17, 15) is 0 Å². The summed E-state index contributed by atoms with van der Waals surface area (Å²) in [6.07, 6.45) is 2.74. The number of ether oxygens (including phenoxy) is 2. The first kappa shape index (κ1) is 15.0. The van der Waals surface area contributed by atoms with Crippen LogP contribution in [0.25, 0.3) is 0 Å². The molecule has 0 radical (unpaired) electrons. The Balaban J connectivity index is 2.28. The van der Waals surface area contributed by atoms with Crippen LogP contribution in [0.3, 0.4) is 0 Å². The minimum Gasteiger partial charge on any atom is -0.492 e. The fraction of sp³-hybridized carbons (Fsp3) is 0.600. The van der Waals surface area contributed by atoms with Crippen LogP contribution in [0, 0.1) is 0 Å². The second kappa shape index (κ2) is 6.34. The van der Waals surface area contributed by atoms with Gasteiger partial charge in [-0.05, 0) is 44.7 Å². The van der Waals surface area contributed by atoms with Gasteiger partial charge in [0, 0.05) is 10.6 Å². The van der Waals surface area contributed by atoms with Crippen LogP contribution < -0.4 is 4.74 Å². The highest BCUT2D eigenvalue weighted by Gasteiger charge is 2.36. The van der Waals surface area contributed by atoms with Gasteiger partial charge >= 0.3 is 0 Å². The van der Waals surface area contributed by atoms with Crippen LogP contribution in [0.15, 0.2) is 12.1 Å². The third-order valence-corrected chi connectivity index (χ3v) is 4.11. The molecule has 1 aliphatic heterocycles. The molecule has 4 heteroatoms. The van der Waals surface area contributed by atoms with E-state index in [1.165, 1.54) is 0 Å². The quantitative estimate of drug-likeness (QED) is 0.685. The van der Waals surface area contributed by atoms with E-state index < -0.39 is 0 Å². The van der Waals surface area contributed by atoms with Crippen molar-refractivity contribution in [2.24, 2.45) is 0 Å². The molecule has 3 atom stereocenters. The molecule has 1 aromatic rings. The smallest absolute Gasteiger partial charge is 0.141 e. The Bertz CT molecular complexity index is 448. The van der Waals surface area contributed by atoms with Crippen LogP contribution in [-0.2, 0) is 4.74 Å². The summed E-state index contributed by atoms with van der Waals surface area (Å²) in [7, 11) is 0. The van der Waals surface area contributed by atoms with Crippen LogP contribution >= 0.6 is 23.2 Å². The van der Waals surface area contributed by atoms with Gasteiger partial charge in [-0.15, -0.1) is 0 Å². The van der Waals surface area contributed by atoms with Crippen molar-refractivity contribution in [3.63, 3.8) is 0 Å². The highest BCUT2D eigenvalue weighted by molar-refractivity contribution is 6.35. The molecular formula is C15H20Cl2O2. The maximum atomic E-state index is 6.25. The largest absolute Gasteiger partial charge is 0.492 e. The van der Waals surface area contributed by atoms with Gasteiger partial charge in [0.25, 0.3) is 0 Å². The molecule has 0 aromatic heterocycles. The molecule has 1 saturated heterocycles. The molecule has 19 heavy (non-hydrogen) atoms. The first-order valence-corrected chi connectivity index (χ1v) is 7.59. The molecular weight excluding hydrogens is 283 g/mol. The van der Waals surface area contributed by atoms with Gasteiger partial charge in [0.05, 0.1) is 23.8 Å². The van der Waals surface area contributed by atoms with E-state index >= 15 is 0 Å². The highest BCUT2D eigenvalue weighted by atomic mass is 35.5. The Morgan fingerprint density at radius 2 is 2.00 bits per heavy atom. The molecule has 2 nitrogen and oxygen atoms in total. The highest BCUT2D eigenvalue weighted by Crippen LogP contribution is 2.42. The van der Waals surface area contributed by atoms with Crippen molar-refractivity contribution in [3.05, 3.63) is 27.7 Å². The van der Waals surface area contributed by atoms with E-state index in [-0.39, 0.29) is 0 Å². The Hall–Kier alpha value is -0.440. The molecule has 0 saturated carbocycles. The van der Waals surface area contributed by atoms with E-state index in [2.05, 4.69) is 13.8 Å². The Kier molecular flexibility index (Phi) is 4.99. The summed E-state index contributed by atoms with van der Waals surface area (Å²) in [5.41, 5.74) is 1.10. The predicted molar refractivity (Wildman–Crippen MR) is 79.6 cm³/mol. The SMILES string of the molecule is CCOc1c(Cl)cc(Cl)cc1C(CC)CC1OC1C. The maximum absolute atomic E-state index is 6.25. The van der Waals surface area contributed by atoms with Gasteiger partial charge in [0.1, 0.15) is 5.75 Å². The van der Waals surface area contributed by atoms with Crippen LogP contribution in [0.1, 0.15) is 45.1 Å². The average Bonchev–Trinajstić information content (AvgIpc) is 3.05. The van der Waals surface area contributed by atoms with Crippen LogP contribution in [0.2, 0.25) is 10.0 Å². The minimum absolute atomic E-state index is 0.359. The lowest BCUT2D eigenvalue weighted by atomic mass is 9.90. The van der Waals surface area contributed by atoms with E-state index in [4.69, 9.17) is 32.7 Å². The number of hydrogen-bond acceptors (Lipinski definition) is 2. The molecule has 106 valence electrons. The Morgan fingerprint density at radius 3 is 2.53 bits per heavy atom. The Labute approximate surface area is 125 Å². The number of hydrogen-bond donors (Lipinski definition) is 0. The second-order valence-corrected chi connectivity index (χ2v) is 5.80. The van der Waals surface area contributed by atoms with E-state index in [0.29, 0.717) is 34.8 Å². The summed E-state index contributed by atoms with van der Waals surface area (Å²) >= 11 is 12.4. The zero-order chi connectivity index (χ0) is 14.0. The summed E-state index contributed by atoms with van der Waals surface area (Å²) in [6.45, 7) is 6.83. The molecule has 1 aliphatic rings. The molecule has 0 N–H and O–H groups in total. The standard InChI is InChI=1S/C15H20Cl2O2/c1-4-10(6-14-9(3)19-14)12-7-11(16)8-13(17)15(12)18-5-2/h7-10,14H,4-6H2,1-3H3. The fourth-order valence-electron chi connectivity index (χ4n) is 2.45. The minimum atomic E-state index is 0.359. The third-order valence-electron chi connectivity index (χ3n) is 3.61. The second-order valence-electron chi connectivity index (χ2n) is 4.96. The zero-order valence-corrected chi connectivity index (χ0v) is 13.1. The number of rotatable bonds is 6. The lowest BCUT2D eigenvalue weighted by molar-refractivity contribution is 0.327. The zero-order valence-electron chi connectivity index (χ0n) is 11.6. The van der Waals surface area contributed by atoms with E-state index in [1.807, 2.05) is 13.0 Å². The predicted octanol–water partition coefficient (Wildman–Crippen LogP) is 5.06. The van der Waals surface area contributed by atoms with Crippen molar-refractivity contribution in [2.75, 3.05) is 6.61 Å². The first-order valence-electron chi connectivity index (χ1n) is 6.84. The summed E-state index contributed by atoms with van der Waals surface area (Å²) in [5.74, 6) is 1.14. The van der Waals surface area contributed by atoms with Gasteiger partial charge in [-0.1, -0.05) is 30.1 Å². The van der Waals surface area contributed by atoms with Crippen molar-refractivity contribution in [1.29, 1.82) is 0 Å².